The largest absolute Gasteiger partial charge is 0.496 e. The Balaban J connectivity index is 2.75. The first-order valence-corrected chi connectivity index (χ1v) is 5.53. The Morgan fingerprint density at radius 1 is 1.13 bits per heavy atom. The SMILES string of the molecule is COc1c(C)cc(CCCCN)cc1C. The molecule has 1 rings (SSSR count). The van der Waals surface area contributed by atoms with Crippen molar-refractivity contribution in [3.8, 4) is 5.75 Å². The van der Waals surface area contributed by atoms with Crippen LogP contribution in [0.15, 0.2) is 12.1 Å². The van der Waals surface area contributed by atoms with Crippen molar-refractivity contribution in [1.82, 2.24) is 0 Å². The lowest BCUT2D eigenvalue weighted by atomic mass is 10.0. The van der Waals surface area contributed by atoms with Crippen LogP contribution in [-0.2, 0) is 6.42 Å². The molecular weight excluding hydrogens is 186 g/mol. The minimum absolute atomic E-state index is 0.786. The van der Waals surface area contributed by atoms with Gasteiger partial charge in [0.2, 0.25) is 0 Å². The van der Waals surface area contributed by atoms with Gasteiger partial charge in [-0.05, 0) is 56.3 Å². The Hall–Kier alpha value is -1.02. The van der Waals surface area contributed by atoms with Crippen molar-refractivity contribution >= 4 is 0 Å². The molecule has 0 unspecified atom stereocenters. The third-order valence-electron chi connectivity index (χ3n) is 2.64. The maximum Gasteiger partial charge on any atom is 0.124 e. The number of nitrogens with two attached hydrogens (primary N) is 1. The number of hydrogen-bond donors (Lipinski definition) is 1. The molecule has 0 fully saturated rings. The highest BCUT2D eigenvalue weighted by Crippen LogP contribution is 2.24. The number of ether oxygens (including phenoxy) is 1. The Labute approximate surface area is 92.4 Å². The number of benzene rings is 1. The van der Waals surface area contributed by atoms with E-state index in [9.17, 15) is 0 Å². The summed E-state index contributed by atoms with van der Waals surface area (Å²) in [5.41, 5.74) is 9.31. The molecule has 0 spiro atoms. The summed E-state index contributed by atoms with van der Waals surface area (Å²) in [6, 6.07) is 4.42. The number of methoxy groups -OCH3 is 1. The predicted octanol–water partition coefficient (Wildman–Crippen LogP) is 2.59. The van der Waals surface area contributed by atoms with E-state index in [0.29, 0.717) is 0 Å². The topological polar surface area (TPSA) is 35.2 Å². The summed E-state index contributed by atoms with van der Waals surface area (Å²) in [6.07, 6.45) is 3.38. The van der Waals surface area contributed by atoms with Gasteiger partial charge >= 0.3 is 0 Å². The highest BCUT2D eigenvalue weighted by molar-refractivity contribution is 5.43. The van der Waals surface area contributed by atoms with Crippen LogP contribution in [0.25, 0.3) is 0 Å². The molecule has 1 aromatic carbocycles. The molecule has 0 saturated heterocycles. The highest BCUT2D eigenvalue weighted by Gasteiger charge is 2.04. The molecule has 0 aliphatic carbocycles. The van der Waals surface area contributed by atoms with Gasteiger partial charge in [0.05, 0.1) is 7.11 Å². The van der Waals surface area contributed by atoms with Gasteiger partial charge in [-0.1, -0.05) is 12.1 Å². The van der Waals surface area contributed by atoms with Gasteiger partial charge in [0.15, 0.2) is 0 Å². The third-order valence-corrected chi connectivity index (χ3v) is 2.64. The molecule has 0 amide bonds. The zero-order valence-corrected chi connectivity index (χ0v) is 9.97. The number of aryl methyl sites for hydroxylation is 3. The first kappa shape index (κ1) is 12.1. The van der Waals surface area contributed by atoms with Crippen molar-refractivity contribution in [2.45, 2.75) is 33.1 Å². The quantitative estimate of drug-likeness (QED) is 0.753. The van der Waals surface area contributed by atoms with Crippen LogP contribution in [0, 0.1) is 13.8 Å². The minimum Gasteiger partial charge on any atom is -0.496 e. The monoisotopic (exact) mass is 207 g/mol. The molecule has 15 heavy (non-hydrogen) atoms. The fraction of sp³-hybridized carbons (Fsp3) is 0.538. The molecule has 0 aliphatic heterocycles. The summed E-state index contributed by atoms with van der Waals surface area (Å²) in [6.45, 7) is 4.98. The van der Waals surface area contributed by atoms with Gasteiger partial charge in [0.1, 0.15) is 5.75 Å². The maximum absolute atomic E-state index is 5.48. The summed E-state index contributed by atoms with van der Waals surface area (Å²) < 4.78 is 5.34. The van der Waals surface area contributed by atoms with Crippen LogP contribution in [0.3, 0.4) is 0 Å². The van der Waals surface area contributed by atoms with Crippen LogP contribution in [0.5, 0.6) is 5.75 Å². The van der Waals surface area contributed by atoms with Gasteiger partial charge in [0, 0.05) is 0 Å². The van der Waals surface area contributed by atoms with Crippen LogP contribution < -0.4 is 10.5 Å². The standard InChI is InChI=1S/C13H21NO/c1-10-8-12(6-4-5-7-14)9-11(2)13(10)15-3/h8-9H,4-7,14H2,1-3H3. The normalized spacial score (nSPS) is 10.4. The van der Waals surface area contributed by atoms with Crippen molar-refractivity contribution in [2.75, 3.05) is 13.7 Å². The molecule has 0 aliphatic rings. The van der Waals surface area contributed by atoms with Gasteiger partial charge in [0.25, 0.3) is 0 Å². The van der Waals surface area contributed by atoms with Crippen molar-refractivity contribution in [1.29, 1.82) is 0 Å². The summed E-state index contributed by atoms with van der Waals surface area (Å²) in [4.78, 5) is 0. The molecule has 2 N–H and O–H groups in total. The smallest absolute Gasteiger partial charge is 0.124 e. The zero-order valence-electron chi connectivity index (χ0n) is 9.97. The van der Waals surface area contributed by atoms with Crippen LogP contribution in [0.1, 0.15) is 29.5 Å². The van der Waals surface area contributed by atoms with E-state index in [1.54, 1.807) is 7.11 Å². The minimum atomic E-state index is 0.786. The molecule has 0 radical (unpaired) electrons. The lowest BCUT2D eigenvalue weighted by Crippen LogP contribution is -2.00. The molecule has 1 aromatic rings. The highest BCUT2D eigenvalue weighted by atomic mass is 16.5. The van der Waals surface area contributed by atoms with E-state index in [4.69, 9.17) is 10.5 Å². The van der Waals surface area contributed by atoms with Crippen LogP contribution >= 0.6 is 0 Å². The molecule has 2 nitrogen and oxygen atoms in total. The van der Waals surface area contributed by atoms with Crippen molar-refractivity contribution < 1.29 is 4.74 Å². The van der Waals surface area contributed by atoms with E-state index in [0.717, 1.165) is 25.1 Å². The van der Waals surface area contributed by atoms with E-state index in [-0.39, 0.29) is 0 Å². The average Bonchev–Trinajstić information content (AvgIpc) is 2.18. The molecule has 0 heterocycles. The molecule has 0 aromatic heterocycles. The Bertz CT molecular complexity index is 297. The van der Waals surface area contributed by atoms with Gasteiger partial charge in [-0.15, -0.1) is 0 Å². The van der Waals surface area contributed by atoms with Crippen LogP contribution in [0.2, 0.25) is 0 Å². The second-order valence-electron chi connectivity index (χ2n) is 4.01. The summed E-state index contributed by atoms with van der Waals surface area (Å²) in [5, 5.41) is 0. The van der Waals surface area contributed by atoms with E-state index in [1.165, 1.54) is 23.1 Å². The van der Waals surface area contributed by atoms with E-state index in [1.807, 2.05) is 0 Å². The van der Waals surface area contributed by atoms with Gasteiger partial charge in [-0.25, -0.2) is 0 Å². The summed E-state index contributed by atoms with van der Waals surface area (Å²) >= 11 is 0. The zero-order chi connectivity index (χ0) is 11.3. The molecule has 84 valence electrons. The Morgan fingerprint density at radius 3 is 2.20 bits per heavy atom. The fourth-order valence-corrected chi connectivity index (χ4v) is 1.98. The second-order valence-corrected chi connectivity index (χ2v) is 4.01. The molecule has 0 atom stereocenters. The molecule has 0 bridgehead atoms. The lowest BCUT2D eigenvalue weighted by molar-refractivity contribution is 0.408. The van der Waals surface area contributed by atoms with Crippen LogP contribution in [-0.4, -0.2) is 13.7 Å². The number of rotatable bonds is 5. The van der Waals surface area contributed by atoms with Crippen LogP contribution in [0.4, 0.5) is 0 Å². The predicted molar refractivity (Wildman–Crippen MR) is 64.5 cm³/mol. The fourth-order valence-electron chi connectivity index (χ4n) is 1.98. The van der Waals surface area contributed by atoms with Gasteiger partial charge in [-0.2, -0.15) is 0 Å². The summed E-state index contributed by atoms with van der Waals surface area (Å²) in [5.74, 6) is 1.01. The molecular formula is C13H21NO. The van der Waals surface area contributed by atoms with E-state index < -0.39 is 0 Å². The average molecular weight is 207 g/mol. The van der Waals surface area contributed by atoms with E-state index >= 15 is 0 Å². The number of unbranched alkanes of at least 4 members (excludes halogenated alkanes) is 1. The summed E-state index contributed by atoms with van der Waals surface area (Å²) in [7, 11) is 1.73. The van der Waals surface area contributed by atoms with Gasteiger partial charge < -0.3 is 10.5 Å². The second kappa shape index (κ2) is 5.76. The van der Waals surface area contributed by atoms with E-state index in [2.05, 4.69) is 26.0 Å². The molecule has 0 saturated carbocycles. The van der Waals surface area contributed by atoms with Gasteiger partial charge in [-0.3, -0.25) is 0 Å². The maximum atomic E-state index is 5.48. The number of hydrogen-bond acceptors (Lipinski definition) is 2. The first-order chi connectivity index (χ1) is 7.19. The first-order valence-electron chi connectivity index (χ1n) is 5.53. The molecule has 2 heteroatoms. The van der Waals surface area contributed by atoms with Crippen molar-refractivity contribution in [2.24, 2.45) is 5.73 Å². The van der Waals surface area contributed by atoms with Crippen molar-refractivity contribution in [3.05, 3.63) is 28.8 Å². The van der Waals surface area contributed by atoms with Crippen molar-refractivity contribution in [3.63, 3.8) is 0 Å². The lowest BCUT2D eigenvalue weighted by Gasteiger charge is -2.11. The Kier molecular flexibility index (Phi) is 4.63. The third kappa shape index (κ3) is 3.24. The Morgan fingerprint density at radius 2 is 1.73 bits per heavy atom.